The van der Waals surface area contributed by atoms with E-state index in [9.17, 15) is 4.79 Å². The molecule has 6 heteroatoms. The van der Waals surface area contributed by atoms with Crippen LogP contribution in [0.1, 0.15) is 39.8 Å². The summed E-state index contributed by atoms with van der Waals surface area (Å²) in [5.41, 5.74) is 2.11. The first-order valence-electron chi connectivity index (χ1n) is 8.50. The average molecular weight is 387 g/mol. The summed E-state index contributed by atoms with van der Waals surface area (Å²) in [6.45, 7) is 7.05. The summed E-state index contributed by atoms with van der Waals surface area (Å²) in [6, 6.07) is 11.9. The van der Waals surface area contributed by atoms with Crippen LogP contribution in [0.3, 0.4) is 0 Å². The fraction of sp³-hybridized carbons (Fsp3) is 0.300. The molecule has 2 aromatic heterocycles. The Morgan fingerprint density at radius 2 is 1.96 bits per heavy atom. The molecule has 0 saturated carbocycles. The summed E-state index contributed by atoms with van der Waals surface area (Å²) >= 11 is 3.03. The Morgan fingerprint density at radius 3 is 2.62 bits per heavy atom. The van der Waals surface area contributed by atoms with Crippen LogP contribution in [0, 0.1) is 6.92 Å². The number of ether oxygens (including phenoxy) is 1. The van der Waals surface area contributed by atoms with Gasteiger partial charge in [-0.25, -0.2) is 4.98 Å². The van der Waals surface area contributed by atoms with E-state index in [1.54, 1.807) is 11.3 Å². The fourth-order valence-electron chi connectivity index (χ4n) is 2.47. The van der Waals surface area contributed by atoms with Crippen molar-refractivity contribution in [2.75, 3.05) is 0 Å². The molecule has 1 aromatic carbocycles. The van der Waals surface area contributed by atoms with Crippen LogP contribution in [0.2, 0.25) is 0 Å². The number of aryl methyl sites for hydroxylation is 1. The van der Waals surface area contributed by atoms with Crippen molar-refractivity contribution in [2.45, 2.75) is 40.0 Å². The van der Waals surface area contributed by atoms with Crippen LogP contribution in [0.5, 0.6) is 5.75 Å². The van der Waals surface area contributed by atoms with E-state index in [4.69, 9.17) is 4.74 Å². The van der Waals surface area contributed by atoms with Gasteiger partial charge in [0.15, 0.2) is 0 Å². The number of rotatable bonds is 7. The Bertz CT molecular complexity index is 839. The quantitative estimate of drug-likeness (QED) is 0.564. The van der Waals surface area contributed by atoms with Gasteiger partial charge in [0.1, 0.15) is 17.4 Å². The number of hydrogen-bond donors (Lipinski definition) is 0. The Kier molecular flexibility index (Phi) is 6.06. The van der Waals surface area contributed by atoms with E-state index >= 15 is 0 Å². The third-order valence-electron chi connectivity index (χ3n) is 3.93. The predicted octanol–water partition coefficient (Wildman–Crippen LogP) is 5.14. The summed E-state index contributed by atoms with van der Waals surface area (Å²) in [6.07, 6.45) is 0. The molecule has 3 rings (SSSR count). The first-order valence-corrected chi connectivity index (χ1v) is 10.3. The van der Waals surface area contributed by atoms with Crippen molar-refractivity contribution < 1.29 is 9.53 Å². The van der Waals surface area contributed by atoms with Crippen LogP contribution in [-0.4, -0.2) is 21.8 Å². The molecule has 0 aliphatic heterocycles. The number of hydrogen-bond acceptors (Lipinski definition) is 5. The molecule has 0 spiro atoms. The van der Waals surface area contributed by atoms with Gasteiger partial charge in [-0.15, -0.1) is 22.7 Å². The molecular weight excluding hydrogens is 364 g/mol. The molecule has 4 nitrogen and oxygen atoms in total. The minimum Gasteiger partial charge on any atom is -0.486 e. The fourth-order valence-corrected chi connectivity index (χ4v) is 3.85. The maximum absolute atomic E-state index is 12.7. The highest BCUT2D eigenvalue weighted by Crippen LogP contribution is 2.20. The monoisotopic (exact) mass is 386 g/mol. The van der Waals surface area contributed by atoms with Gasteiger partial charge >= 0.3 is 0 Å². The van der Waals surface area contributed by atoms with Crippen molar-refractivity contribution in [3.63, 3.8) is 0 Å². The number of carbonyl (C=O) groups excluding carboxylic acids is 1. The summed E-state index contributed by atoms with van der Waals surface area (Å²) < 4.78 is 5.79. The molecule has 0 saturated heterocycles. The third kappa shape index (κ3) is 4.71. The first-order chi connectivity index (χ1) is 12.5. The lowest BCUT2D eigenvalue weighted by Crippen LogP contribution is -2.36. The van der Waals surface area contributed by atoms with Crippen molar-refractivity contribution in [3.8, 4) is 5.75 Å². The van der Waals surface area contributed by atoms with E-state index in [0.717, 1.165) is 21.3 Å². The van der Waals surface area contributed by atoms with Crippen molar-refractivity contribution in [1.82, 2.24) is 9.88 Å². The Labute approximate surface area is 162 Å². The Balaban J connectivity index is 1.62. The molecule has 0 N–H and O–H groups in total. The summed E-state index contributed by atoms with van der Waals surface area (Å²) in [5, 5.41) is 4.84. The Morgan fingerprint density at radius 1 is 1.19 bits per heavy atom. The summed E-state index contributed by atoms with van der Waals surface area (Å²) in [4.78, 5) is 19.9. The van der Waals surface area contributed by atoms with Gasteiger partial charge in [0.25, 0.3) is 5.91 Å². The number of aromatic nitrogens is 1. The molecule has 26 heavy (non-hydrogen) atoms. The second kappa shape index (κ2) is 8.47. The maximum atomic E-state index is 12.7. The van der Waals surface area contributed by atoms with Gasteiger partial charge in [0.2, 0.25) is 0 Å². The van der Waals surface area contributed by atoms with Gasteiger partial charge in [-0.05, 0) is 44.4 Å². The van der Waals surface area contributed by atoms with E-state index in [1.165, 1.54) is 16.9 Å². The van der Waals surface area contributed by atoms with E-state index in [-0.39, 0.29) is 11.9 Å². The molecule has 0 unspecified atom stereocenters. The smallest absolute Gasteiger partial charge is 0.264 e. The number of amides is 1. The number of thiophene rings is 1. The molecule has 3 aromatic rings. The van der Waals surface area contributed by atoms with Gasteiger partial charge in [0.05, 0.1) is 17.1 Å². The molecule has 0 fully saturated rings. The highest BCUT2D eigenvalue weighted by Gasteiger charge is 2.21. The van der Waals surface area contributed by atoms with Crippen LogP contribution >= 0.6 is 22.7 Å². The third-order valence-corrected chi connectivity index (χ3v) is 5.66. The summed E-state index contributed by atoms with van der Waals surface area (Å²) in [5.74, 6) is 0.893. The Hall–Kier alpha value is -2.18. The molecule has 0 aliphatic carbocycles. The molecule has 0 bridgehead atoms. The molecule has 1 amide bonds. The van der Waals surface area contributed by atoms with Crippen LogP contribution in [0.25, 0.3) is 0 Å². The standard InChI is InChI=1S/C20H22N2O2S2/c1-14(2)22(20(23)18-5-4-10-25-18)11-16-13-26-19(21-16)12-24-17-8-6-15(3)7-9-17/h4-10,13-14H,11-12H2,1-3H3. The maximum Gasteiger partial charge on any atom is 0.264 e. The first kappa shape index (κ1) is 18.6. The van der Waals surface area contributed by atoms with E-state index in [1.807, 2.05) is 65.9 Å². The molecule has 136 valence electrons. The van der Waals surface area contributed by atoms with Gasteiger partial charge < -0.3 is 9.64 Å². The van der Waals surface area contributed by atoms with Crippen LogP contribution in [0.15, 0.2) is 47.2 Å². The largest absolute Gasteiger partial charge is 0.486 e. The number of carbonyl (C=O) groups is 1. The lowest BCUT2D eigenvalue weighted by molar-refractivity contribution is 0.0693. The molecular formula is C20H22N2O2S2. The number of benzene rings is 1. The lowest BCUT2D eigenvalue weighted by atomic mass is 10.2. The zero-order valence-corrected chi connectivity index (χ0v) is 16.8. The van der Waals surface area contributed by atoms with E-state index in [0.29, 0.717) is 13.2 Å². The second-order valence-corrected chi connectivity index (χ2v) is 8.23. The predicted molar refractivity (Wildman–Crippen MR) is 107 cm³/mol. The van der Waals surface area contributed by atoms with Crippen LogP contribution < -0.4 is 4.74 Å². The average Bonchev–Trinajstić information content (AvgIpc) is 3.30. The molecule has 0 radical (unpaired) electrons. The SMILES string of the molecule is Cc1ccc(OCc2nc(CN(C(=O)c3cccs3)C(C)C)cs2)cc1. The van der Waals surface area contributed by atoms with E-state index in [2.05, 4.69) is 11.9 Å². The van der Waals surface area contributed by atoms with Crippen molar-refractivity contribution in [3.05, 3.63) is 68.3 Å². The van der Waals surface area contributed by atoms with Gasteiger partial charge in [-0.3, -0.25) is 4.79 Å². The van der Waals surface area contributed by atoms with Gasteiger partial charge in [0, 0.05) is 11.4 Å². The van der Waals surface area contributed by atoms with Gasteiger partial charge in [-0.1, -0.05) is 23.8 Å². The van der Waals surface area contributed by atoms with Crippen molar-refractivity contribution in [1.29, 1.82) is 0 Å². The van der Waals surface area contributed by atoms with Crippen LogP contribution in [-0.2, 0) is 13.2 Å². The van der Waals surface area contributed by atoms with Crippen LogP contribution in [0.4, 0.5) is 0 Å². The normalized spacial score (nSPS) is 10.9. The molecule has 0 atom stereocenters. The zero-order chi connectivity index (χ0) is 18.5. The number of nitrogens with zero attached hydrogens (tertiary/aromatic N) is 2. The highest BCUT2D eigenvalue weighted by atomic mass is 32.1. The topological polar surface area (TPSA) is 42.4 Å². The molecule has 0 aliphatic rings. The van der Waals surface area contributed by atoms with Crippen molar-refractivity contribution >= 4 is 28.6 Å². The van der Waals surface area contributed by atoms with Crippen molar-refractivity contribution in [2.24, 2.45) is 0 Å². The number of thiazole rings is 1. The lowest BCUT2D eigenvalue weighted by Gasteiger charge is -2.25. The zero-order valence-electron chi connectivity index (χ0n) is 15.1. The summed E-state index contributed by atoms with van der Waals surface area (Å²) in [7, 11) is 0. The minimum absolute atomic E-state index is 0.0560. The minimum atomic E-state index is 0.0560. The molecule has 2 heterocycles. The van der Waals surface area contributed by atoms with E-state index < -0.39 is 0 Å². The second-order valence-electron chi connectivity index (χ2n) is 6.34. The highest BCUT2D eigenvalue weighted by molar-refractivity contribution is 7.12. The van der Waals surface area contributed by atoms with Gasteiger partial charge in [-0.2, -0.15) is 0 Å².